The molecule has 0 bridgehead atoms. The minimum absolute atomic E-state index is 0.0481. The Morgan fingerprint density at radius 2 is 1.87 bits per heavy atom. The molecule has 0 spiro atoms. The molecule has 1 amide bonds. The average Bonchev–Trinajstić information content (AvgIpc) is 3.33. The number of thiazole rings is 1. The van der Waals surface area contributed by atoms with Crippen LogP contribution >= 0.6 is 11.3 Å². The third-order valence-electron chi connectivity index (χ3n) is 5.61. The van der Waals surface area contributed by atoms with Crippen molar-refractivity contribution in [1.29, 1.82) is 0 Å². The Hall–Kier alpha value is -2.99. The highest BCUT2D eigenvalue weighted by atomic mass is 32.1. The fourth-order valence-corrected chi connectivity index (χ4v) is 4.71. The van der Waals surface area contributed by atoms with Crippen LogP contribution in [0.1, 0.15) is 56.8 Å². The van der Waals surface area contributed by atoms with Gasteiger partial charge in [-0.05, 0) is 57.4 Å². The van der Waals surface area contributed by atoms with Crippen LogP contribution in [0.15, 0.2) is 52.9 Å². The van der Waals surface area contributed by atoms with Gasteiger partial charge in [0.05, 0.1) is 16.7 Å². The molecule has 2 aromatic heterocycles. The van der Waals surface area contributed by atoms with Gasteiger partial charge in [0, 0.05) is 23.9 Å². The van der Waals surface area contributed by atoms with E-state index in [1.807, 2.05) is 45.2 Å². The summed E-state index contributed by atoms with van der Waals surface area (Å²) in [6.07, 6.45) is 2.73. The Kier molecular flexibility index (Phi) is 6.18. The van der Waals surface area contributed by atoms with E-state index in [2.05, 4.69) is 41.2 Å². The Bertz CT molecular complexity index is 1200. The van der Waals surface area contributed by atoms with Crippen LogP contribution in [0.4, 0.5) is 0 Å². The number of carbonyl (C=O) groups excluding carboxylic acids is 1. The SMILES string of the molecule is Cc1nc(C(C)N(C)C(=O)c2ccc3oc(CCCc4ccccc4)nc3c2)c(C)s1. The number of benzene rings is 2. The van der Waals surface area contributed by atoms with Crippen LogP contribution in [0.3, 0.4) is 0 Å². The van der Waals surface area contributed by atoms with Crippen molar-refractivity contribution in [2.45, 2.75) is 46.1 Å². The molecule has 0 saturated carbocycles. The van der Waals surface area contributed by atoms with Crippen LogP contribution in [0.2, 0.25) is 0 Å². The maximum atomic E-state index is 13.1. The van der Waals surface area contributed by atoms with E-state index in [9.17, 15) is 4.79 Å². The second-order valence-electron chi connectivity index (χ2n) is 7.90. The first-order valence-electron chi connectivity index (χ1n) is 10.6. The first kappa shape index (κ1) is 21.2. The maximum absolute atomic E-state index is 13.1. The van der Waals surface area contributed by atoms with Crippen molar-refractivity contribution in [3.63, 3.8) is 0 Å². The first-order valence-corrected chi connectivity index (χ1v) is 11.4. The van der Waals surface area contributed by atoms with E-state index in [1.165, 1.54) is 5.56 Å². The van der Waals surface area contributed by atoms with Gasteiger partial charge in [-0.1, -0.05) is 30.3 Å². The number of fused-ring (bicyclic) bond motifs is 1. The largest absolute Gasteiger partial charge is 0.441 e. The van der Waals surface area contributed by atoms with Crippen molar-refractivity contribution in [2.24, 2.45) is 0 Å². The van der Waals surface area contributed by atoms with E-state index < -0.39 is 0 Å². The molecule has 1 unspecified atom stereocenters. The summed E-state index contributed by atoms with van der Waals surface area (Å²) in [5, 5.41) is 1.02. The van der Waals surface area contributed by atoms with Crippen molar-refractivity contribution in [2.75, 3.05) is 7.05 Å². The fourth-order valence-electron chi connectivity index (χ4n) is 3.80. The standard InChI is InChI=1S/C25H27N3O2S/c1-16(24-17(2)31-18(3)26-24)28(4)25(29)20-13-14-22-21(15-20)27-23(30-22)12-8-11-19-9-6-5-7-10-19/h5-7,9-10,13-16H,8,11-12H2,1-4H3. The summed E-state index contributed by atoms with van der Waals surface area (Å²) in [5.41, 5.74) is 4.32. The monoisotopic (exact) mass is 433 g/mol. The molecule has 0 aliphatic carbocycles. The van der Waals surface area contributed by atoms with E-state index in [-0.39, 0.29) is 11.9 Å². The number of hydrogen-bond donors (Lipinski definition) is 0. The Labute approximate surface area is 186 Å². The van der Waals surface area contributed by atoms with Crippen LogP contribution < -0.4 is 0 Å². The molecule has 31 heavy (non-hydrogen) atoms. The van der Waals surface area contributed by atoms with Gasteiger partial charge in [0.15, 0.2) is 11.5 Å². The molecule has 4 aromatic rings. The maximum Gasteiger partial charge on any atom is 0.254 e. The van der Waals surface area contributed by atoms with E-state index in [4.69, 9.17) is 4.42 Å². The molecule has 1 atom stereocenters. The van der Waals surface area contributed by atoms with Gasteiger partial charge in [0.25, 0.3) is 5.91 Å². The molecular weight excluding hydrogens is 406 g/mol. The smallest absolute Gasteiger partial charge is 0.254 e. The van der Waals surface area contributed by atoms with Gasteiger partial charge in [-0.15, -0.1) is 11.3 Å². The molecule has 4 rings (SSSR count). The Morgan fingerprint density at radius 1 is 1.10 bits per heavy atom. The highest BCUT2D eigenvalue weighted by Gasteiger charge is 2.23. The number of aromatic nitrogens is 2. The Morgan fingerprint density at radius 3 is 2.58 bits per heavy atom. The predicted octanol–water partition coefficient (Wildman–Crippen LogP) is 5.91. The van der Waals surface area contributed by atoms with Gasteiger partial charge in [-0.2, -0.15) is 0 Å². The van der Waals surface area contributed by atoms with Crippen molar-refractivity contribution in [1.82, 2.24) is 14.9 Å². The lowest BCUT2D eigenvalue weighted by Crippen LogP contribution is -2.30. The van der Waals surface area contributed by atoms with Gasteiger partial charge < -0.3 is 9.32 Å². The number of rotatable bonds is 7. The number of aryl methyl sites for hydroxylation is 4. The second-order valence-corrected chi connectivity index (χ2v) is 9.30. The molecule has 2 aromatic carbocycles. The predicted molar refractivity (Wildman–Crippen MR) is 125 cm³/mol. The Balaban J connectivity index is 1.45. The molecule has 0 fully saturated rings. The van der Waals surface area contributed by atoms with Gasteiger partial charge >= 0.3 is 0 Å². The summed E-state index contributed by atoms with van der Waals surface area (Å²) in [4.78, 5) is 25.2. The lowest BCUT2D eigenvalue weighted by Gasteiger charge is -2.24. The van der Waals surface area contributed by atoms with E-state index in [0.717, 1.165) is 40.4 Å². The summed E-state index contributed by atoms with van der Waals surface area (Å²) in [7, 11) is 1.82. The third kappa shape index (κ3) is 4.69. The third-order valence-corrected chi connectivity index (χ3v) is 6.52. The summed E-state index contributed by atoms with van der Waals surface area (Å²) in [6.45, 7) is 6.06. The molecule has 2 heterocycles. The summed E-state index contributed by atoms with van der Waals surface area (Å²) in [6, 6.07) is 15.8. The number of carbonyl (C=O) groups is 1. The van der Waals surface area contributed by atoms with Crippen LogP contribution in [0.5, 0.6) is 0 Å². The topological polar surface area (TPSA) is 59.2 Å². The second kappa shape index (κ2) is 9.02. The summed E-state index contributed by atoms with van der Waals surface area (Å²) >= 11 is 1.66. The van der Waals surface area contributed by atoms with Crippen molar-refractivity contribution in [3.8, 4) is 0 Å². The van der Waals surface area contributed by atoms with Crippen molar-refractivity contribution >= 4 is 28.3 Å². The molecule has 0 aliphatic heterocycles. The van der Waals surface area contributed by atoms with E-state index in [1.54, 1.807) is 16.2 Å². The number of hydrogen-bond acceptors (Lipinski definition) is 5. The molecule has 0 radical (unpaired) electrons. The summed E-state index contributed by atoms with van der Waals surface area (Å²) < 4.78 is 5.89. The van der Waals surface area contributed by atoms with Crippen LogP contribution in [-0.4, -0.2) is 27.8 Å². The molecule has 6 heteroatoms. The van der Waals surface area contributed by atoms with Crippen LogP contribution in [0, 0.1) is 13.8 Å². The van der Waals surface area contributed by atoms with Gasteiger partial charge in [0.1, 0.15) is 5.52 Å². The highest BCUT2D eigenvalue weighted by molar-refractivity contribution is 7.11. The minimum atomic E-state index is -0.0981. The van der Waals surface area contributed by atoms with Gasteiger partial charge in [0.2, 0.25) is 0 Å². The number of nitrogens with zero attached hydrogens (tertiary/aromatic N) is 3. The van der Waals surface area contributed by atoms with Crippen LogP contribution in [-0.2, 0) is 12.8 Å². The lowest BCUT2D eigenvalue weighted by atomic mass is 10.1. The first-order chi connectivity index (χ1) is 14.9. The summed E-state index contributed by atoms with van der Waals surface area (Å²) in [5.74, 6) is 0.666. The molecule has 0 N–H and O–H groups in total. The van der Waals surface area contributed by atoms with Gasteiger partial charge in [-0.25, -0.2) is 9.97 Å². The zero-order chi connectivity index (χ0) is 22.0. The van der Waals surface area contributed by atoms with Crippen LogP contribution in [0.25, 0.3) is 11.1 Å². The zero-order valence-electron chi connectivity index (χ0n) is 18.4. The van der Waals surface area contributed by atoms with Gasteiger partial charge in [-0.3, -0.25) is 4.79 Å². The molecule has 160 valence electrons. The molecule has 0 saturated heterocycles. The zero-order valence-corrected chi connectivity index (χ0v) is 19.2. The highest BCUT2D eigenvalue weighted by Crippen LogP contribution is 2.27. The quantitative estimate of drug-likeness (QED) is 0.363. The van der Waals surface area contributed by atoms with E-state index >= 15 is 0 Å². The molecular formula is C25H27N3O2S. The average molecular weight is 434 g/mol. The molecule has 0 aliphatic rings. The normalized spacial score (nSPS) is 12.3. The molecule has 5 nitrogen and oxygen atoms in total. The fraction of sp³-hybridized carbons (Fsp3) is 0.320. The minimum Gasteiger partial charge on any atom is -0.441 e. The lowest BCUT2D eigenvalue weighted by molar-refractivity contribution is 0.0740. The number of amides is 1. The van der Waals surface area contributed by atoms with Crippen molar-refractivity contribution in [3.05, 3.63) is 81.1 Å². The van der Waals surface area contributed by atoms with Crippen molar-refractivity contribution < 1.29 is 9.21 Å². The van der Waals surface area contributed by atoms with E-state index in [0.29, 0.717) is 17.0 Å². The number of oxazole rings is 1.